The van der Waals surface area contributed by atoms with Crippen LogP contribution in [0.2, 0.25) is 0 Å². The minimum absolute atomic E-state index is 0.147. The molecule has 2 aromatic carbocycles. The molecule has 30 heavy (non-hydrogen) atoms. The molecule has 0 aliphatic carbocycles. The molecule has 0 fully saturated rings. The van der Waals surface area contributed by atoms with E-state index >= 15 is 0 Å². The van der Waals surface area contributed by atoms with Crippen LogP contribution >= 0.6 is 0 Å². The van der Waals surface area contributed by atoms with Gasteiger partial charge in [-0.15, -0.1) is 0 Å². The zero-order chi connectivity index (χ0) is 22.4. The summed E-state index contributed by atoms with van der Waals surface area (Å²) < 4.78 is 21.3. The summed E-state index contributed by atoms with van der Waals surface area (Å²) in [6, 6.07) is 8.91. The zero-order valence-corrected chi connectivity index (χ0v) is 18.5. The number of ether oxygens (including phenoxy) is 4. The predicted molar refractivity (Wildman–Crippen MR) is 115 cm³/mol. The molecule has 0 aliphatic rings. The molecular formula is C23H29NO6. The number of aryl methyl sites for hydroxylation is 1. The Morgan fingerprint density at radius 3 is 2.10 bits per heavy atom. The fraction of sp³-hybridized carbons (Fsp3) is 0.391. The molecule has 0 bridgehead atoms. The van der Waals surface area contributed by atoms with Crippen molar-refractivity contribution in [3.8, 4) is 17.2 Å². The number of hydrogen-bond donors (Lipinski definition) is 1. The third kappa shape index (κ3) is 5.23. The van der Waals surface area contributed by atoms with E-state index in [-0.39, 0.29) is 17.2 Å². The van der Waals surface area contributed by atoms with Crippen molar-refractivity contribution >= 4 is 17.6 Å². The fourth-order valence-electron chi connectivity index (χ4n) is 2.96. The van der Waals surface area contributed by atoms with Gasteiger partial charge < -0.3 is 24.3 Å². The summed E-state index contributed by atoms with van der Waals surface area (Å²) in [6.07, 6.45) is -0.803. The van der Waals surface area contributed by atoms with Crippen LogP contribution in [0, 0.1) is 6.92 Å². The average molecular weight is 415 g/mol. The van der Waals surface area contributed by atoms with E-state index in [1.807, 2.05) is 25.1 Å². The second kappa shape index (κ2) is 10.0. The first-order chi connectivity index (χ1) is 14.2. The number of methoxy groups -OCH3 is 3. The summed E-state index contributed by atoms with van der Waals surface area (Å²) in [6.45, 7) is 7.75. The van der Waals surface area contributed by atoms with Gasteiger partial charge in [0.25, 0.3) is 5.91 Å². The van der Waals surface area contributed by atoms with Crippen molar-refractivity contribution in [3.05, 3.63) is 47.0 Å². The average Bonchev–Trinajstić information content (AvgIpc) is 2.72. The molecule has 0 saturated heterocycles. The summed E-state index contributed by atoms with van der Waals surface area (Å²) in [5.74, 6) is 0.598. The molecule has 7 heteroatoms. The van der Waals surface area contributed by atoms with Crippen molar-refractivity contribution in [1.29, 1.82) is 0 Å². The van der Waals surface area contributed by atoms with E-state index in [1.54, 1.807) is 6.92 Å². The molecule has 7 nitrogen and oxygen atoms in total. The third-order valence-electron chi connectivity index (χ3n) is 4.65. The normalized spacial score (nSPS) is 11.6. The van der Waals surface area contributed by atoms with Gasteiger partial charge in [-0.3, -0.25) is 4.79 Å². The highest BCUT2D eigenvalue weighted by Crippen LogP contribution is 2.34. The van der Waals surface area contributed by atoms with E-state index in [9.17, 15) is 9.59 Å². The van der Waals surface area contributed by atoms with E-state index in [2.05, 4.69) is 19.2 Å². The third-order valence-corrected chi connectivity index (χ3v) is 4.65. The number of nitrogens with one attached hydrogen (secondary N) is 1. The van der Waals surface area contributed by atoms with Gasteiger partial charge in [-0.2, -0.15) is 0 Å². The van der Waals surface area contributed by atoms with E-state index in [1.165, 1.54) is 33.5 Å². The van der Waals surface area contributed by atoms with Crippen molar-refractivity contribution in [3.63, 3.8) is 0 Å². The summed E-state index contributed by atoms with van der Waals surface area (Å²) in [7, 11) is 4.20. The highest BCUT2D eigenvalue weighted by atomic mass is 16.5. The van der Waals surface area contributed by atoms with Gasteiger partial charge >= 0.3 is 5.97 Å². The number of esters is 1. The Morgan fingerprint density at radius 1 is 0.900 bits per heavy atom. The number of benzene rings is 2. The Balaban J connectivity index is 2.31. The van der Waals surface area contributed by atoms with Gasteiger partial charge in [-0.1, -0.05) is 26.0 Å². The molecule has 0 aliphatic heterocycles. The highest BCUT2D eigenvalue weighted by Gasteiger charge is 2.23. The highest BCUT2D eigenvalue weighted by molar-refractivity contribution is 6.03. The van der Waals surface area contributed by atoms with Gasteiger partial charge in [0.05, 0.1) is 32.6 Å². The molecule has 2 aromatic rings. The Morgan fingerprint density at radius 2 is 1.53 bits per heavy atom. The Kier molecular flexibility index (Phi) is 7.69. The van der Waals surface area contributed by atoms with Crippen LogP contribution in [0.4, 0.5) is 5.69 Å². The van der Waals surface area contributed by atoms with Crippen LogP contribution in [0.5, 0.6) is 17.2 Å². The lowest BCUT2D eigenvalue weighted by Crippen LogP contribution is -2.31. The fourth-order valence-corrected chi connectivity index (χ4v) is 2.96. The molecule has 1 unspecified atom stereocenters. The topological polar surface area (TPSA) is 83.1 Å². The van der Waals surface area contributed by atoms with Crippen molar-refractivity contribution in [2.24, 2.45) is 0 Å². The summed E-state index contributed by atoms with van der Waals surface area (Å²) in [4.78, 5) is 25.0. The van der Waals surface area contributed by atoms with Gasteiger partial charge in [0, 0.05) is 12.1 Å². The van der Waals surface area contributed by atoms with Gasteiger partial charge in [0.1, 0.15) is 5.75 Å². The van der Waals surface area contributed by atoms with Gasteiger partial charge in [0.2, 0.25) is 0 Å². The molecule has 0 aromatic heterocycles. The van der Waals surface area contributed by atoms with Crippen LogP contribution in [0.25, 0.3) is 0 Å². The number of anilines is 1. The Hall–Kier alpha value is -3.22. The molecule has 1 atom stereocenters. The van der Waals surface area contributed by atoms with Crippen LogP contribution in [0.3, 0.4) is 0 Å². The quantitative estimate of drug-likeness (QED) is 0.646. The van der Waals surface area contributed by atoms with Crippen molar-refractivity contribution in [2.45, 2.75) is 39.7 Å². The minimum atomic E-state index is -0.803. The number of carbonyl (C=O) groups is 2. The lowest BCUT2D eigenvalue weighted by molar-refractivity contribution is -0.122. The monoisotopic (exact) mass is 415 g/mol. The van der Waals surface area contributed by atoms with Crippen molar-refractivity contribution in [1.82, 2.24) is 0 Å². The molecule has 0 spiro atoms. The molecular weight excluding hydrogens is 386 g/mol. The molecule has 1 amide bonds. The molecule has 0 radical (unpaired) electrons. The van der Waals surface area contributed by atoms with E-state index in [0.29, 0.717) is 17.2 Å². The minimum Gasteiger partial charge on any atom is -0.493 e. The van der Waals surface area contributed by atoms with Crippen LogP contribution in [0.15, 0.2) is 30.3 Å². The van der Waals surface area contributed by atoms with Gasteiger partial charge in [-0.05, 0) is 37.0 Å². The lowest BCUT2D eigenvalue weighted by atomic mass is 10.0. The number of carbonyl (C=O) groups excluding carboxylic acids is 2. The number of hydrogen-bond acceptors (Lipinski definition) is 6. The summed E-state index contributed by atoms with van der Waals surface area (Å²) >= 11 is 0. The number of amides is 1. The molecule has 0 heterocycles. The van der Waals surface area contributed by atoms with Crippen LogP contribution in [-0.4, -0.2) is 39.3 Å². The second-order valence-electron chi connectivity index (χ2n) is 7.19. The molecule has 1 N–H and O–H groups in total. The van der Waals surface area contributed by atoms with Gasteiger partial charge in [0.15, 0.2) is 17.6 Å². The standard InChI is InChI=1S/C23H29NO6/c1-13(2)16-9-8-14(3)10-19(16)30-15(4)22(25)24-18-12-21(28-6)20(27-5)11-17(18)23(26)29-7/h8-13,15H,1-7H3,(H,24,25). The number of rotatable bonds is 8. The van der Waals surface area contributed by atoms with Crippen molar-refractivity contribution < 1.29 is 28.5 Å². The second-order valence-corrected chi connectivity index (χ2v) is 7.19. The van der Waals surface area contributed by atoms with Crippen molar-refractivity contribution in [2.75, 3.05) is 26.6 Å². The van der Waals surface area contributed by atoms with Crippen LogP contribution in [-0.2, 0) is 9.53 Å². The predicted octanol–water partition coefficient (Wildman–Crippen LogP) is 4.33. The first kappa shape index (κ1) is 23.1. The first-order valence-corrected chi connectivity index (χ1v) is 9.64. The maximum atomic E-state index is 12.8. The smallest absolute Gasteiger partial charge is 0.340 e. The largest absolute Gasteiger partial charge is 0.493 e. The molecule has 162 valence electrons. The molecule has 2 rings (SSSR count). The Labute approximate surface area is 177 Å². The van der Waals surface area contributed by atoms with Crippen LogP contribution < -0.4 is 19.5 Å². The van der Waals surface area contributed by atoms with E-state index < -0.39 is 18.0 Å². The zero-order valence-electron chi connectivity index (χ0n) is 18.5. The lowest BCUT2D eigenvalue weighted by Gasteiger charge is -2.20. The van der Waals surface area contributed by atoms with E-state index in [0.717, 1.165) is 11.1 Å². The summed E-state index contributed by atoms with van der Waals surface area (Å²) in [5.41, 5.74) is 2.44. The Bertz CT molecular complexity index is 922. The first-order valence-electron chi connectivity index (χ1n) is 9.64. The van der Waals surface area contributed by atoms with E-state index in [4.69, 9.17) is 18.9 Å². The summed E-state index contributed by atoms with van der Waals surface area (Å²) in [5, 5.41) is 2.73. The van der Waals surface area contributed by atoms with Crippen LogP contribution in [0.1, 0.15) is 48.2 Å². The van der Waals surface area contributed by atoms with Gasteiger partial charge in [-0.25, -0.2) is 4.79 Å². The SMILES string of the molecule is COC(=O)c1cc(OC)c(OC)cc1NC(=O)C(C)Oc1cc(C)ccc1C(C)C. The molecule has 0 saturated carbocycles. The maximum Gasteiger partial charge on any atom is 0.340 e. The maximum absolute atomic E-state index is 12.8.